The lowest BCUT2D eigenvalue weighted by molar-refractivity contribution is 0.0588. The quantitative estimate of drug-likeness (QED) is 0.558. The number of hydrogen-bond donors (Lipinski definition) is 0. The number of methoxy groups -OCH3 is 1. The molecule has 3 aromatic rings. The Bertz CT molecular complexity index is 1280. The number of piperazine rings is 1. The monoisotopic (exact) mass is 480 g/mol. The average Bonchev–Trinajstić information content (AvgIpc) is 3.48. The van der Waals surface area contributed by atoms with E-state index in [9.17, 15) is 13.2 Å². The second-order valence-electron chi connectivity index (χ2n) is 8.79. The molecule has 2 aliphatic heterocycles. The van der Waals surface area contributed by atoms with Gasteiger partial charge in [-0.1, -0.05) is 30.3 Å². The predicted octanol–water partition coefficient (Wildman–Crippen LogP) is 2.49. The smallest absolute Gasteiger partial charge is 0.257 e. The second kappa shape index (κ2) is 9.23. The fraction of sp³-hybridized carbons (Fsp3) is 0.360. The molecule has 0 saturated carbocycles. The Morgan fingerprint density at radius 3 is 2.47 bits per heavy atom. The first-order valence-corrected chi connectivity index (χ1v) is 13.3. The van der Waals surface area contributed by atoms with Crippen molar-refractivity contribution in [1.29, 1.82) is 0 Å². The molecule has 0 spiro atoms. The Morgan fingerprint density at radius 2 is 1.79 bits per heavy atom. The van der Waals surface area contributed by atoms with Crippen LogP contribution in [0.25, 0.3) is 16.9 Å². The zero-order chi connectivity index (χ0) is 23.7. The summed E-state index contributed by atoms with van der Waals surface area (Å²) in [6.07, 6.45) is 2.47. The minimum absolute atomic E-state index is 0.0652. The van der Waals surface area contributed by atoms with Crippen LogP contribution in [0.2, 0.25) is 0 Å². The maximum absolute atomic E-state index is 13.7. The molecule has 3 heterocycles. The van der Waals surface area contributed by atoms with Gasteiger partial charge in [-0.2, -0.15) is 5.10 Å². The Hall–Kier alpha value is -3.17. The number of nitrogens with zero attached hydrogens (tertiary/aromatic N) is 4. The number of rotatable bonds is 5. The summed E-state index contributed by atoms with van der Waals surface area (Å²) in [5, 5.41) is 4.77. The van der Waals surface area contributed by atoms with Crippen LogP contribution >= 0.6 is 0 Å². The van der Waals surface area contributed by atoms with Gasteiger partial charge < -0.3 is 9.64 Å². The van der Waals surface area contributed by atoms with E-state index in [2.05, 4.69) is 4.90 Å². The highest BCUT2D eigenvalue weighted by atomic mass is 32.2. The highest BCUT2D eigenvalue weighted by Gasteiger charge is 2.35. The zero-order valence-electron chi connectivity index (χ0n) is 19.1. The standard InChI is InChI=1S/C25H28N4O4S/c1-33-22-9-5-6-19(16-22)24-23(17-29(26-24)20-7-3-2-4-8-20)25(30)28-13-11-27(12-14-28)21-10-15-34(31,32)18-21/h2-9,16-17,21H,10-15,18H2,1H3. The van der Waals surface area contributed by atoms with Gasteiger partial charge in [-0.15, -0.1) is 0 Å². The van der Waals surface area contributed by atoms with Crippen molar-refractivity contribution in [3.8, 4) is 22.7 Å². The van der Waals surface area contributed by atoms with Crippen molar-refractivity contribution >= 4 is 15.7 Å². The topological polar surface area (TPSA) is 84.7 Å². The number of para-hydroxylation sites is 1. The van der Waals surface area contributed by atoms with Crippen molar-refractivity contribution in [2.75, 3.05) is 44.8 Å². The minimum atomic E-state index is -2.93. The largest absolute Gasteiger partial charge is 0.497 e. The molecule has 178 valence electrons. The third-order valence-corrected chi connectivity index (χ3v) is 8.39. The van der Waals surface area contributed by atoms with E-state index in [4.69, 9.17) is 9.84 Å². The summed E-state index contributed by atoms with van der Waals surface area (Å²) in [5.41, 5.74) is 2.83. The summed E-state index contributed by atoms with van der Waals surface area (Å²) < 4.78 is 30.9. The van der Waals surface area contributed by atoms with Gasteiger partial charge in [0.15, 0.2) is 9.84 Å². The SMILES string of the molecule is COc1cccc(-c2nn(-c3ccccc3)cc2C(=O)N2CCN(C3CCS(=O)(=O)C3)CC2)c1. The van der Waals surface area contributed by atoms with Gasteiger partial charge >= 0.3 is 0 Å². The Kier molecular flexibility index (Phi) is 6.14. The van der Waals surface area contributed by atoms with E-state index in [1.54, 1.807) is 18.0 Å². The molecular weight excluding hydrogens is 452 g/mol. The molecule has 1 aromatic heterocycles. The Morgan fingerprint density at radius 1 is 1.03 bits per heavy atom. The van der Waals surface area contributed by atoms with Crippen molar-refractivity contribution in [3.05, 3.63) is 66.4 Å². The molecule has 34 heavy (non-hydrogen) atoms. The van der Waals surface area contributed by atoms with Gasteiger partial charge in [-0.05, 0) is 30.7 Å². The number of aromatic nitrogens is 2. The van der Waals surface area contributed by atoms with Crippen LogP contribution in [0.4, 0.5) is 0 Å². The van der Waals surface area contributed by atoms with Crippen LogP contribution in [0, 0.1) is 0 Å². The maximum atomic E-state index is 13.7. The lowest BCUT2D eigenvalue weighted by Crippen LogP contribution is -2.52. The minimum Gasteiger partial charge on any atom is -0.497 e. The number of amides is 1. The normalized spacial score (nSPS) is 20.4. The fourth-order valence-electron chi connectivity index (χ4n) is 4.75. The lowest BCUT2D eigenvalue weighted by Gasteiger charge is -2.37. The first-order chi connectivity index (χ1) is 16.4. The van der Waals surface area contributed by atoms with Gasteiger partial charge in [0.05, 0.1) is 29.9 Å². The molecule has 2 fully saturated rings. The zero-order valence-corrected chi connectivity index (χ0v) is 19.9. The number of benzene rings is 2. The molecule has 8 nitrogen and oxygen atoms in total. The fourth-order valence-corrected chi connectivity index (χ4v) is 6.51. The van der Waals surface area contributed by atoms with Crippen LogP contribution in [0.5, 0.6) is 5.75 Å². The predicted molar refractivity (Wildman–Crippen MR) is 130 cm³/mol. The molecule has 1 unspecified atom stereocenters. The van der Waals surface area contributed by atoms with Crippen molar-refractivity contribution < 1.29 is 17.9 Å². The van der Waals surface area contributed by atoms with Crippen LogP contribution < -0.4 is 4.74 Å². The summed E-state index contributed by atoms with van der Waals surface area (Å²) in [7, 11) is -1.31. The molecule has 9 heteroatoms. The first-order valence-electron chi connectivity index (χ1n) is 11.5. The van der Waals surface area contributed by atoms with Crippen LogP contribution in [0.1, 0.15) is 16.8 Å². The third-order valence-electron chi connectivity index (χ3n) is 6.63. The van der Waals surface area contributed by atoms with Gasteiger partial charge in [0, 0.05) is 44.0 Å². The van der Waals surface area contributed by atoms with Gasteiger partial charge in [-0.3, -0.25) is 9.69 Å². The van der Waals surface area contributed by atoms with E-state index in [1.165, 1.54) is 0 Å². The van der Waals surface area contributed by atoms with Gasteiger partial charge in [0.25, 0.3) is 5.91 Å². The number of carbonyl (C=O) groups is 1. The molecule has 1 amide bonds. The molecule has 0 radical (unpaired) electrons. The summed E-state index contributed by atoms with van der Waals surface area (Å²) in [6.45, 7) is 2.47. The molecule has 1 atom stereocenters. The van der Waals surface area contributed by atoms with Crippen molar-refractivity contribution in [3.63, 3.8) is 0 Å². The Balaban J connectivity index is 1.41. The van der Waals surface area contributed by atoms with Crippen LogP contribution in [-0.4, -0.2) is 84.7 Å². The molecule has 5 rings (SSSR count). The van der Waals surface area contributed by atoms with E-state index in [0.717, 1.165) is 11.3 Å². The van der Waals surface area contributed by atoms with Crippen LogP contribution in [-0.2, 0) is 9.84 Å². The molecular formula is C25H28N4O4S. The van der Waals surface area contributed by atoms with Gasteiger partial charge in [0.1, 0.15) is 11.4 Å². The van der Waals surface area contributed by atoms with E-state index < -0.39 is 9.84 Å². The number of carbonyl (C=O) groups excluding carboxylic acids is 1. The summed E-state index contributed by atoms with van der Waals surface area (Å²) in [5.74, 6) is 1.12. The van der Waals surface area contributed by atoms with Gasteiger partial charge in [0.2, 0.25) is 0 Å². The number of sulfone groups is 1. The molecule has 0 N–H and O–H groups in total. The highest BCUT2D eigenvalue weighted by Crippen LogP contribution is 2.28. The number of hydrogen-bond acceptors (Lipinski definition) is 6. The third kappa shape index (κ3) is 4.58. The van der Waals surface area contributed by atoms with Crippen LogP contribution in [0.3, 0.4) is 0 Å². The summed E-state index contributed by atoms with van der Waals surface area (Å²) in [6, 6.07) is 17.3. The number of ether oxygens (including phenoxy) is 1. The average molecular weight is 481 g/mol. The molecule has 2 saturated heterocycles. The molecule has 0 aliphatic carbocycles. The van der Waals surface area contributed by atoms with Crippen LogP contribution in [0.15, 0.2) is 60.8 Å². The van der Waals surface area contributed by atoms with Crippen molar-refractivity contribution in [2.24, 2.45) is 0 Å². The van der Waals surface area contributed by atoms with E-state index in [0.29, 0.717) is 49.6 Å². The first kappa shape index (κ1) is 22.6. The molecule has 0 bridgehead atoms. The highest BCUT2D eigenvalue weighted by molar-refractivity contribution is 7.91. The van der Waals surface area contributed by atoms with E-state index >= 15 is 0 Å². The second-order valence-corrected chi connectivity index (χ2v) is 11.0. The van der Waals surface area contributed by atoms with E-state index in [-0.39, 0.29) is 23.5 Å². The molecule has 2 aromatic carbocycles. The van der Waals surface area contributed by atoms with Gasteiger partial charge in [-0.25, -0.2) is 13.1 Å². The maximum Gasteiger partial charge on any atom is 0.257 e. The Labute approximate surface area is 199 Å². The van der Waals surface area contributed by atoms with Crippen molar-refractivity contribution in [1.82, 2.24) is 19.6 Å². The van der Waals surface area contributed by atoms with Crippen molar-refractivity contribution in [2.45, 2.75) is 12.5 Å². The summed E-state index contributed by atoms with van der Waals surface area (Å²) >= 11 is 0. The van der Waals surface area contributed by atoms with E-state index in [1.807, 2.05) is 59.5 Å². The molecule has 2 aliphatic rings. The summed E-state index contributed by atoms with van der Waals surface area (Å²) in [4.78, 5) is 17.7. The lowest BCUT2D eigenvalue weighted by atomic mass is 10.1.